The number of amides is 1. The first-order chi connectivity index (χ1) is 10.6. The summed E-state index contributed by atoms with van der Waals surface area (Å²) in [7, 11) is 0. The number of para-hydroxylation sites is 1. The van der Waals surface area contributed by atoms with E-state index in [-0.39, 0.29) is 11.9 Å². The molecule has 2 N–H and O–H groups in total. The molecule has 22 heavy (non-hydrogen) atoms. The molecular formula is C18H29N3O. The van der Waals surface area contributed by atoms with Gasteiger partial charge in [0, 0.05) is 25.3 Å². The zero-order valence-corrected chi connectivity index (χ0v) is 14.1. The first-order valence-corrected chi connectivity index (χ1v) is 8.45. The molecule has 0 aliphatic carbocycles. The second kappa shape index (κ2) is 8.30. The monoisotopic (exact) mass is 303 g/mol. The van der Waals surface area contributed by atoms with E-state index in [4.69, 9.17) is 0 Å². The highest BCUT2D eigenvalue weighted by molar-refractivity contribution is 5.96. The molecule has 1 atom stereocenters. The van der Waals surface area contributed by atoms with Crippen LogP contribution >= 0.6 is 0 Å². The second-order valence-corrected chi connectivity index (χ2v) is 6.22. The molecule has 1 aliphatic heterocycles. The predicted molar refractivity (Wildman–Crippen MR) is 92.3 cm³/mol. The molecular weight excluding hydrogens is 274 g/mol. The van der Waals surface area contributed by atoms with Crippen molar-refractivity contribution in [2.45, 2.75) is 46.1 Å². The topological polar surface area (TPSA) is 44.4 Å². The molecule has 122 valence electrons. The Morgan fingerprint density at radius 2 is 2.05 bits per heavy atom. The van der Waals surface area contributed by atoms with Crippen LogP contribution < -0.4 is 10.6 Å². The van der Waals surface area contributed by atoms with E-state index in [9.17, 15) is 4.79 Å². The van der Waals surface area contributed by atoms with Crippen molar-refractivity contribution in [3.05, 3.63) is 29.3 Å². The lowest BCUT2D eigenvalue weighted by Crippen LogP contribution is -2.56. The van der Waals surface area contributed by atoms with E-state index in [0.717, 1.165) is 43.0 Å². The van der Waals surface area contributed by atoms with Crippen LogP contribution in [0.2, 0.25) is 0 Å². The molecule has 4 nitrogen and oxygen atoms in total. The minimum atomic E-state index is -0.0652. The Labute approximate surface area is 134 Å². The van der Waals surface area contributed by atoms with Gasteiger partial charge in [-0.15, -0.1) is 0 Å². The molecule has 1 unspecified atom stereocenters. The number of hydrogen-bond acceptors (Lipinski definition) is 3. The van der Waals surface area contributed by atoms with Crippen LogP contribution in [0.25, 0.3) is 0 Å². The van der Waals surface area contributed by atoms with Gasteiger partial charge in [0.15, 0.2) is 0 Å². The number of benzene rings is 1. The smallest absolute Gasteiger partial charge is 0.243 e. The summed E-state index contributed by atoms with van der Waals surface area (Å²) in [5.74, 6) is 0.112. The molecule has 1 fully saturated rings. The van der Waals surface area contributed by atoms with Crippen molar-refractivity contribution in [3.8, 4) is 0 Å². The Morgan fingerprint density at radius 1 is 1.32 bits per heavy atom. The van der Waals surface area contributed by atoms with Crippen LogP contribution in [-0.4, -0.2) is 43.0 Å². The van der Waals surface area contributed by atoms with E-state index in [2.05, 4.69) is 22.5 Å². The highest BCUT2D eigenvalue weighted by Crippen LogP contribution is 2.20. The molecule has 1 aromatic carbocycles. The van der Waals surface area contributed by atoms with Gasteiger partial charge in [-0.3, -0.25) is 9.69 Å². The summed E-state index contributed by atoms with van der Waals surface area (Å²) in [6, 6.07) is 6.05. The molecule has 2 rings (SSSR count). The van der Waals surface area contributed by atoms with Gasteiger partial charge in [-0.2, -0.15) is 0 Å². The number of carbonyl (C=O) groups excluding carboxylic acids is 1. The van der Waals surface area contributed by atoms with Crippen LogP contribution in [0, 0.1) is 13.8 Å². The van der Waals surface area contributed by atoms with Crippen molar-refractivity contribution in [2.75, 3.05) is 31.5 Å². The maximum atomic E-state index is 12.7. The first kappa shape index (κ1) is 17.0. The SMILES string of the molecule is CCCCCN1CCNCC1C(=O)Nc1c(C)cccc1C. The molecule has 0 aromatic heterocycles. The van der Waals surface area contributed by atoms with Crippen molar-refractivity contribution in [1.82, 2.24) is 10.2 Å². The summed E-state index contributed by atoms with van der Waals surface area (Å²) in [6.45, 7) is 9.97. The number of hydrogen-bond donors (Lipinski definition) is 2. The molecule has 0 radical (unpaired) electrons. The summed E-state index contributed by atoms with van der Waals surface area (Å²) < 4.78 is 0. The highest BCUT2D eigenvalue weighted by Gasteiger charge is 2.28. The van der Waals surface area contributed by atoms with Crippen molar-refractivity contribution in [1.29, 1.82) is 0 Å². The minimum Gasteiger partial charge on any atom is -0.324 e. The third kappa shape index (κ3) is 4.31. The number of unbranched alkanes of at least 4 members (excludes halogenated alkanes) is 2. The first-order valence-electron chi connectivity index (χ1n) is 8.45. The number of anilines is 1. The van der Waals surface area contributed by atoms with E-state index in [1.807, 2.05) is 32.0 Å². The summed E-state index contributed by atoms with van der Waals surface area (Å²) in [6.07, 6.45) is 3.62. The Kier molecular flexibility index (Phi) is 6.40. The molecule has 1 aliphatic rings. The van der Waals surface area contributed by atoms with Gasteiger partial charge in [-0.1, -0.05) is 38.0 Å². The van der Waals surface area contributed by atoms with Crippen molar-refractivity contribution < 1.29 is 4.79 Å². The Balaban J connectivity index is 2.02. The quantitative estimate of drug-likeness (QED) is 0.794. The number of piperazine rings is 1. The van der Waals surface area contributed by atoms with Crippen LogP contribution in [0.15, 0.2) is 18.2 Å². The van der Waals surface area contributed by atoms with Crippen molar-refractivity contribution in [2.24, 2.45) is 0 Å². The van der Waals surface area contributed by atoms with Gasteiger partial charge >= 0.3 is 0 Å². The van der Waals surface area contributed by atoms with Gasteiger partial charge in [-0.25, -0.2) is 0 Å². The number of nitrogens with one attached hydrogen (secondary N) is 2. The molecule has 4 heteroatoms. The van der Waals surface area contributed by atoms with Gasteiger partial charge in [0.1, 0.15) is 6.04 Å². The third-order valence-electron chi connectivity index (χ3n) is 4.44. The van der Waals surface area contributed by atoms with Crippen LogP contribution in [-0.2, 0) is 4.79 Å². The van der Waals surface area contributed by atoms with Gasteiger partial charge in [0.2, 0.25) is 5.91 Å². The average molecular weight is 303 g/mol. The molecule has 1 aromatic rings. The van der Waals surface area contributed by atoms with Crippen molar-refractivity contribution >= 4 is 11.6 Å². The van der Waals surface area contributed by atoms with Crippen LogP contribution in [0.1, 0.15) is 37.3 Å². The fraction of sp³-hybridized carbons (Fsp3) is 0.611. The Bertz CT molecular complexity index is 481. The predicted octanol–water partition coefficient (Wildman–Crippen LogP) is 2.71. The third-order valence-corrected chi connectivity index (χ3v) is 4.44. The van der Waals surface area contributed by atoms with Crippen LogP contribution in [0.3, 0.4) is 0 Å². The minimum absolute atomic E-state index is 0.0652. The van der Waals surface area contributed by atoms with Crippen LogP contribution in [0.4, 0.5) is 5.69 Å². The number of aryl methyl sites for hydroxylation is 2. The summed E-state index contributed by atoms with van der Waals surface area (Å²) in [5, 5.41) is 6.50. The molecule has 0 spiro atoms. The van der Waals surface area contributed by atoms with Gasteiger partial charge in [0.25, 0.3) is 0 Å². The van der Waals surface area contributed by atoms with E-state index < -0.39 is 0 Å². The molecule has 1 saturated heterocycles. The standard InChI is InChI=1S/C18H29N3O/c1-4-5-6-11-21-12-10-19-13-16(21)18(22)20-17-14(2)8-7-9-15(17)3/h7-9,16,19H,4-6,10-13H2,1-3H3,(H,20,22). The van der Waals surface area contributed by atoms with Crippen LogP contribution in [0.5, 0.6) is 0 Å². The summed E-state index contributed by atoms with van der Waals surface area (Å²) in [4.78, 5) is 15.1. The van der Waals surface area contributed by atoms with Gasteiger partial charge in [0.05, 0.1) is 0 Å². The lowest BCUT2D eigenvalue weighted by molar-refractivity contribution is -0.121. The lowest BCUT2D eigenvalue weighted by atomic mass is 10.1. The van der Waals surface area contributed by atoms with E-state index in [1.165, 1.54) is 19.3 Å². The number of carbonyl (C=O) groups is 1. The fourth-order valence-electron chi connectivity index (χ4n) is 3.06. The maximum Gasteiger partial charge on any atom is 0.243 e. The zero-order valence-electron chi connectivity index (χ0n) is 14.1. The average Bonchev–Trinajstić information content (AvgIpc) is 2.51. The number of nitrogens with zero attached hydrogens (tertiary/aromatic N) is 1. The molecule has 1 amide bonds. The largest absolute Gasteiger partial charge is 0.324 e. The Hall–Kier alpha value is -1.39. The maximum absolute atomic E-state index is 12.7. The van der Waals surface area contributed by atoms with Gasteiger partial charge in [-0.05, 0) is 37.9 Å². The lowest BCUT2D eigenvalue weighted by Gasteiger charge is -2.35. The Morgan fingerprint density at radius 3 is 2.73 bits per heavy atom. The fourth-order valence-corrected chi connectivity index (χ4v) is 3.06. The highest BCUT2D eigenvalue weighted by atomic mass is 16.2. The summed E-state index contributed by atoms with van der Waals surface area (Å²) in [5.41, 5.74) is 3.20. The van der Waals surface area contributed by atoms with Gasteiger partial charge < -0.3 is 10.6 Å². The van der Waals surface area contributed by atoms with E-state index >= 15 is 0 Å². The van der Waals surface area contributed by atoms with E-state index in [0.29, 0.717) is 0 Å². The van der Waals surface area contributed by atoms with Crippen molar-refractivity contribution in [3.63, 3.8) is 0 Å². The second-order valence-electron chi connectivity index (χ2n) is 6.22. The molecule has 0 saturated carbocycles. The molecule has 0 bridgehead atoms. The van der Waals surface area contributed by atoms with E-state index in [1.54, 1.807) is 0 Å². The zero-order chi connectivity index (χ0) is 15.9. The summed E-state index contributed by atoms with van der Waals surface area (Å²) >= 11 is 0. The molecule has 1 heterocycles. The number of rotatable bonds is 6. The normalized spacial score (nSPS) is 19.1.